The first kappa shape index (κ1) is 20.3. The Kier molecular flexibility index (Phi) is 5.48. The number of anilines is 3. The van der Waals surface area contributed by atoms with Crippen molar-refractivity contribution >= 4 is 34.5 Å². The number of amides is 1. The number of imidazole rings is 1. The van der Waals surface area contributed by atoms with Crippen molar-refractivity contribution < 1.29 is 9.18 Å². The molecule has 10 nitrogen and oxygen atoms in total. The van der Waals surface area contributed by atoms with Crippen molar-refractivity contribution in [2.45, 2.75) is 26.9 Å². The van der Waals surface area contributed by atoms with E-state index in [2.05, 4.69) is 30.7 Å². The number of rotatable bonds is 7. The maximum atomic E-state index is 13.1. The Hall–Kier alpha value is -4.02. The quantitative estimate of drug-likeness (QED) is 0.416. The van der Waals surface area contributed by atoms with Gasteiger partial charge in [0.2, 0.25) is 5.95 Å². The SMILES string of the molecule is CCn1nc(C)cc1C(=O)NCCn1cnc2c(Nc3ccc(F)cc3)nc(N)nc21. The third kappa shape index (κ3) is 4.29. The van der Waals surface area contributed by atoms with Crippen LogP contribution in [0.2, 0.25) is 0 Å². The van der Waals surface area contributed by atoms with Gasteiger partial charge in [-0.2, -0.15) is 15.1 Å². The van der Waals surface area contributed by atoms with E-state index in [0.29, 0.717) is 48.0 Å². The predicted octanol–water partition coefficient (Wildman–Crippen LogP) is 2.25. The fourth-order valence-corrected chi connectivity index (χ4v) is 3.23. The van der Waals surface area contributed by atoms with Crippen molar-refractivity contribution in [3.05, 3.63) is 53.9 Å². The number of carbonyl (C=O) groups is 1. The maximum absolute atomic E-state index is 13.1. The first-order valence-electron chi connectivity index (χ1n) is 9.78. The fraction of sp³-hybridized carbons (Fsp3) is 0.250. The molecule has 3 aromatic heterocycles. The minimum atomic E-state index is -0.332. The van der Waals surface area contributed by atoms with E-state index in [-0.39, 0.29) is 17.7 Å². The zero-order valence-corrected chi connectivity index (χ0v) is 17.1. The van der Waals surface area contributed by atoms with Crippen molar-refractivity contribution in [2.75, 3.05) is 17.6 Å². The summed E-state index contributed by atoms with van der Waals surface area (Å²) in [6.45, 7) is 5.20. The van der Waals surface area contributed by atoms with E-state index < -0.39 is 0 Å². The second-order valence-electron chi connectivity index (χ2n) is 6.92. The molecule has 11 heteroatoms. The van der Waals surface area contributed by atoms with Crippen molar-refractivity contribution in [1.82, 2.24) is 34.6 Å². The van der Waals surface area contributed by atoms with Gasteiger partial charge in [-0.1, -0.05) is 0 Å². The topological polar surface area (TPSA) is 129 Å². The van der Waals surface area contributed by atoms with Crippen LogP contribution in [0.1, 0.15) is 23.1 Å². The molecule has 3 heterocycles. The Morgan fingerprint density at radius 2 is 2.00 bits per heavy atom. The summed E-state index contributed by atoms with van der Waals surface area (Å²) in [5.74, 6) is -0.0366. The minimum Gasteiger partial charge on any atom is -0.368 e. The van der Waals surface area contributed by atoms with Crippen LogP contribution in [-0.2, 0) is 13.1 Å². The summed E-state index contributed by atoms with van der Waals surface area (Å²) in [6, 6.07) is 7.63. The molecule has 1 aromatic carbocycles. The highest BCUT2D eigenvalue weighted by Gasteiger charge is 2.15. The number of benzene rings is 1. The van der Waals surface area contributed by atoms with E-state index >= 15 is 0 Å². The van der Waals surface area contributed by atoms with Gasteiger partial charge >= 0.3 is 0 Å². The Morgan fingerprint density at radius 1 is 1.23 bits per heavy atom. The largest absolute Gasteiger partial charge is 0.368 e. The van der Waals surface area contributed by atoms with Crippen LogP contribution in [0, 0.1) is 12.7 Å². The summed E-state index contributed by atoms with van der Waals surface area (Å²) in [5, 5.41) is 10.3. The third-order valence-electron chi connectivity index (χ3n) is 4.66. The molecule has 0 aliphatic rings. The summed E-state index contributed by atoms with van der Waals surface area (Å²) < 4.78 is 16.6. The third-order valence-corrected chi connectivity index (χ3v) is 4.66. The van der Waals surface area contributed by atoms with E-state index in [4.69, 9.17) is 5.73 Å². The van der Waals surface area contributed by atoms with Gasteiger partial charge in [-0.05, 0) is 44.2 Å². The lowest BCUT2D eigenvalue weighted by Crippen LogP contribution is -2.29. The molecule has 4 aromatic rings. The van der Waals surface area contributed by atoms with E-state index in [9.17, 15) is 9.18 Å². The molecule has 0 saturated carbocycles. The molecule has 31 heavy (non-hydrogen) atoms. The van der Waals surface area contributed by atoms with E-state index in [1.807, 2.05) is 13.8 Å². The average molecular weight is 423 g/mol. The van der Waals surface area contributed by atoms with Crippen molar-refractivity contribution in [3.63, 3.8) is 0 Å². The molecular formula is C20H22FN9O. The monoisotopic (exact) mass is 423 g/mol. The smallest absolute Gasteiger partial charge is 0.269 e. The Balaban J connectivity index is 1.49. The normalized spacial score (nSPS) is 11.1. The molecule has 0 radical (unpaired) electrons. The van der Waals surface area contributed by atoms with Gasteiger partial charge < -0.3 is 20.9 Å². The number of fused-ring (bicyclic) bond motifs is 1. The molecule has 0 saturated heterocycles. The summed E-state index contributed by atoms with van der Waals surface area (Å²) in [4.78, 5) is 25.4. The maximum Gasteiger partial charge on any atom is 0.269 e. The van der Waals surface area contributed by atoms with Crippen molar-refractivity contribution in [3.8, 4) is 0 Å². The van der Waals surface area contributed by atoms with Crippen LogP contribution in [0.4, 0.5) is 21.8 Å². The van der Waals surface area contributed by atoms with Crippen molar-refractivity contribution in [1.29, 1.82) is 0 Å². The molecule has 1 amide bonds. The second-order valence-corrected chi connectivity index (χ2v) is 6.92. The lowest BCUT2D eigenvalue weighted by molar-refractivity contribution is 0.0941. The van der Waals surface area contributed by atoms with E-state index in [1.165, 1.54) is 12.1 Å². The number of carbonyl (C=O) groups excluding carboxylic acids is 1. The van der Waals surface area contributed by atoms with Crippen LogP contribution < -0.4 is 16.4 Å². The van der Waals surface area contributed by atoms with Gasteiger partial charge in [0.15, 0.2) is 17.0 Å². The lowest BCUT2D eigenvalue weighted by atomic mass is 10.3. The number of hydrogen-bond acceptors (Lipinski definition) is 7. The number of nitrogen functional groups attached to an aromatic ring is 1. The van der Waals surface area contributed by atoms with E-state index in [1.54, 1.807) is 33.8 Å². The van der Waals surface area contributed by atoms with Gasteiger partial charge in [0.1, 0.15) is 11.5 Å². The summed E-state index contributed by atoms with van der Waals surface area (Å²) >= 11 is 0. The number of halogens is 1. The molecule has 0 fully saturated rings. The minimum absolute atomic E-state index is 0.0743. The number of nitrogens with one attached hydrogen (secondary N) is 2. The molecule has 0 unspecified atom stereocenters. The number of nitrogens with two attached hydrogens (primary N) is 1. The highest BCUT2D eigenvalue weighted by Crippen LogP contribution is 2.23. The Bertz CT molecular complexity index is 1230. The van der Waals surface area contributed by atoms with Gasteiger partial charge in [-0.3, -0.25) is 9.48 Å². The van der Waals surface area contributed by atoms with Crippen molar-refractivity contribution in [2.24, 2.45) is 0 Å². The Morgan fingerprint density at radius 3 is 2.74 bits per heavy atom. The molecule has 160 valence electrons. The highest BCUT2D eigenvalue weighted by molar-refractivity contribution is 5.92. The number of nitrogens with zero attached hydrogens (tertiary/aromatic N) is 6. The van der Waals surface area contributed by atoms with Gasteiger partial charge in [-0.25, -0.2) is 9.37 Å². The molecule has 0 aliphatic heterocycles. The first-order chi connectivity index (χ1) is 14.9. The molecule has 0 atom stereocenters. The van der Waals surface area contributed by atoms with Crippen LogP contribution in [0.3, 0.4) is 0 Å². The predicted molar refractivity (Wildman–Crippen MR) is 114 cm³/mol. The zero-order valence-electron chi connectivity index (χ0n) is 17.1. The summed E-state index contributed by atoms with van der Waals surface area (Å²) in [6.07, 6.45) is 1.61. The van der Waals surface area contributed by atoms with Gasteiger partial charge in [0, 0.05) is 25.3 Å². The molecule has 4 N–H and O–H groups in total. The van der Waals surface area contributed by atoms with Crippen LogP contribution in [0.25, 0.3) is 11.2 Å². The second kappa shape index (κ2) is 8.38. The number of aryl methyl sites for hydroxylation is 2. The van der Waals surface area contributed by atoms with Crippen LogP contribution in [0.5, 0.6) is 0 Å². The van der Waals surface area contributed by atoms with Gasteiger partial charge in [0.05, 0.1) is 12.0 Å². The van der Waals surface area contributed by atoms with Crippen LogP contribution >= 0.6 is 0 Å². The average Bonchev–Trinajstić information content (AvgIpc) is 3.33. The molecule has 0 aliphatic carbocycles. The summed E-state index contributed by atoms with van der Waals surface area (Å²) in [7, 11) is 0. The number of hydrogen-bond donors (Lipinski definition) is 3. The molecule has 0 spiro atoms. The summed E-state index contributed by atoms with van der Waals surface area (Å²) in [5.41, 5.74) is 8.88. The van der Waals surface area contributed by atoms with Crippen LogP contribution in [-0.4, -0.2) is 41.8 Å². The molecular weight excluding hydrogens is 401 g/mol. The van der Waals surface area contributed by atoms with Gasteiger partial charge in [-0.15, -0.1) is 0 Å². The first-order valence-corrected chi connectivity index (χ1v) is 9.78. The zero-order chi connectivity index (χ0) is 22.0. The fourth-order valence-electron chi connectivity index (χ4n) is 3.23. The highest BCUT2D eigenvalue weighted by atomic mass is 19.1. The Labute approximate surface area is 177 Å². The van der Waals surface area contributed by atoms with E-state index in [0.717, 1.165) is 5.69 Å². The lowest BCUT2D eigenvalue weighted by Gasteiger charge is -2.09. The van der Waals surface area contributed by atoms with Gasteiger partial charge in [0.25, 0.3) is 5.91 Å². The molecule has 4 rings (SSSR count). The molecule has 0 bridgehead atoms. The van der Waals surface area contributed by atoms with Crippen LogP contribution in [0.15, 0.2) is 36.7 Å². The number of aromatic nitrogens is 6. The standard InChI is InChI=1S/C20H22FN9O/c1-3-30-15(10-12(2)28-30)19(31)23-8-9-29-11-24-16-17(26-20(22)27-18(16)29)25-14-6-4-13(21)5-7-14/h4-7,10-11H,3,8-9H2,1-2H3,(H,23,31)(H3,22,25,26,27).